The highest BCUT2D eigenvalue weighted by Gasteiger charge is 2.31. The first kappa shape index (κ1) is 25.3. The van der Waals surface area contributed by atoms with Crippen molar-refractivity contribution >= 4 is 18.0 Å². The monoisotopic (exact) mass is 466 g/mol. The fourth-order valence-corrected chi connectivity index (χ4v) is 4.50. The summed E-state index contributed by atoms with van der Waals surface area (Å²) in [5.74, 6) is -1.29. The van der Waals surface area contributed by atoms with Crippen molar-refractivity contribution in [1.82, 2.24) is 10.6 Å². The molecule has 2 aromatic rings. The Morgan fingerprint density at radius 3 is 2.09 bits per heavy atom. The molecule has 182 valence electrons. The number of rotatable bonds is 10. The zero-order chi connectivity index (χ0) is 24.9. The normalized spacial score (nSPS) is 13.7. The van der Waals surface area contributed by atoms with E-state index in [9.17, 15) is 19.5 Å². The number of carbonyl (C=O) groups is 3. The highest BCUT2D eigenvalue weighted by atomic mass is 16.5. The Hall–Kier alpha value is -3.35. The largest absolute Gasteiger partial charge is 0.480 e. The molecular weight excluding hydrogens is 432 g/mol. The second-order valence-electron chi connectivity index (χ2n) is 9.88. The molecule has 3 N–H and O–H groups in total. The van der Waals surface area contributed by atoms with Crippen LogP contribution in [0.4, 0.5) is 4.79 Å². The molecule has 0 radical (unpaired) electrons. The summed E-state index contributed by atoms with van der Waals surface area (Å²) in [6.45, 7) is 7.47. The van der Waals surface area contributed by atoms with Crippen LogP contribution in [0.1, 0.15) is 57.6 Å². The zero-order valence-electron chi connectivity index (χ0n) is 20.3. The number of fused-ring (bicyclic) bond motifs is 3. The number of carboxylic acids is 1. The van der Waals surface area contributed by atoms with Crippen LogP contribution in [0.2, 0.25) is 0 Å². The number of ether oxygens (including phenoxy) is 1. The van der Waals surface area contributed by atoms with Gasteiger partial charge in [0.2, 0.25) is 5.91 Å². The Morgan fingerprint density at radius 1 is 1.00 bits per heavy atom. The van der Waals surface area contributed by atoms with Crippen molar-refractivity contribution in [2.24, 2.45) is 11.8 Å². The van der Waals surface area contributed by atoms with Crippen LogP contribution in [0.15, 0.2) is 48.5 Å². The van der Waals surface area contributed by atoms with Gasteiger partial charge in [-0.3, -0.25) is 4.79 Å². The average molecular weight is 467 g/mol. The van der Waals surface area contributed by atoms with Gasteiger partial charge in [-0.1, -0.05) is 62.4 Å². The van der Waals surface area contributed by atoms with Crippen LogP contribution in [0.3, 0.4) is 0 Å². The second kappa shape index (κ2) is 10.7. The third-order valence-corrected chi connectivity index (χ3v) is 6.14. The fraction of sp³-hybridized carbons (Fsp3) is 0.444. The van der Waals surface area contributed by atoms with Crippen molar-refractivity contribution in [3.8, 4) is 11.1 Å². The van der Waals surface area contributed by atoms with Gasteiger partial charge in [0.15, 0.2) is 0 Å². The lowest BCUT2D eigenvalue weighted by Crippen LogP contribution is -2.50. The van der Waals surface area contributed by atoms with Crippen molar-refractivity contribution in [2.75, 3.05) is 13.2 Å². The minimum absolute atomic E-state index is 0.0198. The molecule has 0 heterocycles. The third-order valence-electron chi connectivity index (χ3n) is 6.14. The van der Waals surface area contributed by atoms with E-state index in [-0.39, 0.29) is 37.3 Å². The summed E-state index contributed by atoms with van der Waals surface area (Å²) in [6.07, 6.45) is 0.310. The molecule has 34 heavy (non-hydrogen) atoms. The van der Waals surface area contributed by atoms with Gasteiger partial charge in [-0.2, -0.15) is 0 Å². The van der Waals surface area contributed by atoms with E-state index in [0.717, 1.165) is 11.1 Å². The smallest absolute Gasteiger partial charge is 0.407 e. The van der Waals surface area contributed by atoms with Crippen LogP contribution in [-0.4, -0.2) is 41.8 Å². The maximum atomic E-state index is 12.5. The summed E-state index contributed by atoms with van der Waals surface area (Å²) in [5.41, 5.74) is 3.28. The number of amides is 2. The average Bonchev–Trinajstić information content (AvgIpc) is 3.09. The van der Waals surface area contributed by atoms with Gasteiger partial charge in [0, 0.05) is 18.9 Å². The number of aliphatic carboxylic acids is 1. The van der Waals surface area contributed by atoms with Gasteiger partial charge in [0.05, 0.1) is 0 Å². The number of benzene rings is 2. The molecule has 0 aliphatic heterocycles. The SMILES string of the molecule is CC(C)CC(CNC(=O)OCC1c2ccccc2-c2ccccc21)CC(=O)NC(C)(C)C(=O)O. The first-order valence-electron chi connectivity index (χ1n) is 11.7. The van der Waals surface area contributed by atoms with E-state index in [2.05, 4.69) is 34.9 Å². The quantitative estimate of drug-likeness (QED) is 0.476. The van der Waals surface area contributed by atoms with E-state index in [4.69, 9.17) is 4.74 Å². The Kier molecular flexibility index (Phi) is 7.97. The predicted molar refractivity (Wildman–Crippen MR) is 130 cm³/mol. The van der Waals surface area contributed by atoms with Crippen LogP contribution < -0.4 is 10.6 Å². The van der Waals surface area contributed by atoms with Crippen molar-refractivity contribution in [2.45, 2.75) is 52.0 Å². The number of hydrogen-bond donors (Lipinski definition) is 3. The highest BCUT2D eigenvalue weighted by molar-refractivity contribution is 5.86. The van der Waals surface area contributed by atoms with Crippen LogP contribution in [0, 0.1) is 11.8 Å². The number of carbonyl (C=O) groups excluding carboxylic acids is 2. The fourth-order valence-electron chi connectivity index (χ4n) is 4.50. The van der Waals surface area contributed by atoms with E-state index < -0.39 is 17.6 Å². The molecule has 0 aromatic heterocycles. The second-order valence-corrected chi connectivity index (χ2v) is 9.88. The molecule has 2 amide bonds. The lowest BCUT2D eigenvalue weighted by Gasteiger charge is -2.24. The van der Waals surface area contributed by atoms with Gasteiger partial charge >= 0.3 is 12.1 Å². The molecule has 0 saturated heterocycles. The van der Waals surface area contributed by atoms with Gasteiger partial charge in [0.25, 0.3) is 0 Å². The van der Waals surface area contributed by atoms with E-state index in [1.54, 1.807) is 0 Å². The van der Waals surface area contributed by atoms with E-state index in [1.807, 2.05) is 38.1 Å². The lowest BCUT2D eigenvalue weighted by molar-refractivity contribution is -0.146. The van der Waals surface area contributed by atoms with Gasteiger partial charge < -0.3 is 20.5 Å². The Bertz CT molecular complexity index is 1000. The zero-order valence-corrected chi connectivity index (χ0v) is 20.3. The maximum absolute atomic E-state index is 12.5. The van der Waals surface area contributed by atoms with E-state index in [0.29, 0.717) is 12.3 Å². The van der Waals surface area contributed by atoms with Crippen LogP contribution in [-0.2, 0) is 14.3 Å². The van der Waals surface area contributed by atoms with Gasteiger partial charge in [0.1, 0.15) is 12.1 Å². The molecule has 7 nitrogen and oxygen atoms in total. The predicted octanol–water partition coefficient (Wildman–Crippen LogP) is 4.56. The molecule has 1 aliphatic rings. The van der Waals surface area contributed by atoms with E-state index in [1.165, 1.54) is 25.0 Å². The molecule has 0 spiro atoms. The molecule has 7 heteroatoms. The van der Waals surface area contributed by atoms with Crippen LogP contribution in [0.25, 0.3) is 11.1 Å². The topological polar surface area (TPSA) is 105 Å². The maximum Gasteiger partial charge on any atom is 0.407 e. The molecule has 0 saturated carbocycles. The molecule has 3 rings (SSSR count). The molecule has 1 unspecified atom stereocenters. The summed E-state index contributed by atoms with van der Waals surface area (Å²) in [5, 5.41) is 14.6. The van der Waals surface area contributed by atoms with Crippen molar-refractivity contribution in [3.63, 3.8) is 0 Å². The van der Waals surface area contributed by atoms with Crippen LogP contribution in [0.5, 0.6) is 0 Å². The third kappa shape index (κ3) is 6.16. The van der Waals surface area contributed by atoms with Gasteiger partial charge in [-0.25, -0.2) is 9.59 Å². The summed E-state index contributed by atoms with van der Waals surface area (Å²) in [7, 11) is 0. The van der Waals surface area contributed by atoms with Gasteiger partial charge in [-0.15, -0.1) is 0 Å². The lowest BCUT2D eigenvalue weighted by atomic mass is 9.93. The first-order valence-corrected chi connectivity index (χ1v) is 11.7. The Morgan fingerprint density at radius 2 is 1.56 bits per heavy atom. The Labute approximate surface area is 200 Å². The highest BCUT2D eigenvalue weighted by Crippen LogP contribution is 2.44. The number of alkyl carbamates (subject to hydrolysis) is 1. The number of hydrogen-bond acceptors (Lipinski definition) is 4. The molecule has 0 bridgehead atoms. The Balaban J connectivity index is 1.56. The standard InChI is InChI=1S/C27H34N2O5/c1-17(2)13-18(14-24(30)29-27(3,4)25(31)32)15-28-26(33)34-16-23-21-11-7-5-9-19(21)20-10-6-8-12-22(20)23/h5-12,17-18,23H,13-16H2,1-4H3,(H,28,33)(H,29,30)(H,31,32). The summed E-state index contributed by atoms with van der Waals surface area (Å²) in [6, 6.07) is 16.3. The molecular formula is C27H34N2O5. The summed E-state index contributed by atoms with van der Waals surface area (Å²) in [4.78, 5) is 36.2. The van der Waals surface area contributed by atoms with Gasteiger partial charge in [-0.05, 0) is 54.4 Å². The number of nitrogens with one attached hydrogen (secondary N) is 2. The van der Waals surface area contributed by atoms with E-state index >= 15 is 0 Å². The van der Waals surface area contributed by atoms with Crippen molar-refractivity contribution in [1.29, 1.82) is 0 Å². The number of carboxylic acid groups (broad SMARTS) is 1. The molecule has 1 aliphatic carbocycles. The molecule has 0 fully saturated rings. The first-order chi connectivity index (χ1) is 16.1. The summed E-state index contributed by atoms with van der Waals surface area (Å²) < 4.78 is 5.58. The molecule has 1 atom stereocenters. The van der Waals surface area contributed by atoms with Crippen molar-refractivity contribution < 1.29 is 24.2 Å². The molecule has 2 aromatic carbocycles. The van der Waals surface area contributed by atoms with Crippen LogP contribution >= 0.6 is 0 Å². The van der Waals surface area contributed by atoms with Crippen molar-refractivity contribution in [3.05, 3.63) is 59.7 Å². The minimum Gasteiger partial charge on any atom is -0.480 e. The summed E-state index contributed by atoms with van der Waals surface area (Å²) >= 11 is 0. The minimum atomic E-state index is -1.35.